The van der Waals surface area contributed by atoms with Crippen molar-refractivity contribution in [3.63, 3.8) is 0 Å². The summed E-state index contributed by atoms with van der Waals surface area (Å²) in [6, 6.07) is 0.297. The number of nitrogens with zero attached hydrogens (tertiary/aromatic N) is 3. The second-order valence-corrected chi connectivity index (χ2v) is 10.2. The predicted molar refractivity (Wildman–Crippen MR) is 117 cm³/mol. The number of ether oxygens (including phenoxy) is 1. The van der Waals surface area contributed by atoms with Gasteiger partial charge in [-0.1, -0.05) is 0 Å². The van der Waals surface area contributed by atoms with Crippen molar-refractivity contribution in [1.29, 1.82) is 0 Å². The number of likely N-dealkylation sites (tertiary alicyclic amines) is 1. The minimum Gasteiger partial charge on any atom is -0.481 e. The summed E-state index contributed by atoms with van der Waals surface area (Å²) in [5, 5.41) is 15.9. The van der Waals surface area contributed by atoms with Crippen molar-refractivity contribution < 1.29 is 24.2 Å². The van der Waals surface area contributed by atoms with E-state index in [0.29, 0.717) is 11.5 Å². The lowest BCUT2D eigenvalue weighted by molar-refractivity contribution is -0.142. The Kier molecular flexibility index (Phi) is 5.94. The normalized spacial score (nSPS) is 22.9. The smallest absolute Gasteiger partial charge is 0.341 e. The number of carbonyl (C=O) groups excluding carboxylic acids is 2. The highest BCUT2D eigenvalue weighted by Gasteiger charge is 2.45. The van der Waals surface area contributed by atoms with E-state index in [9.17, 15) is 14.4 Å². The molecule has 3 aliphatic carbocycles. The lowest BCUT2D eigenvalue weighted by atomic mass is 10.0. The van der Waals surface area contributed by atoms with Gasteiger partial charge >= 0.3 is 18.0 Å². The van der Waals surface area contributed by atoms with Gasteiger partial charge < -0.3 is 20.1 Å². The first kappa shape index (κ1) is 22.6. The van der Waals surface area contributed by atoms with E-state index in [1.165, 1.54) is 7.11 Å². The Balaban J connectivity index is 0.000000300. The Labute approximate surface area is 188 Å². The van der Waals surface area contributed by atoms with Crippen LogP contribution in [-0.2, 0) is 9.53 Å². The molecule has 32 heavy (non-hydrogen) atoms. The molecule has 0 aromatic carbocycles. The first-order valence-corrected chi connectivity index (χ1v) is 11.6. The highest BCUT2D eigenvalue weighted by atomic mass is 16.5. The number of carboxylic acids is 1. The van der Waals surface area contributed by atoms with Crippen molar-refractivity contribution >= 4 is 18.0 Å². The molecule has 2 amide bonds. The number of rotatable bonds is 5. The zero-order chi connectivity index (χ0) is 23.1. The van der Waals surface area contributed by atoms with Crippen LogP contribution < -0.4 is 5.32 Å². The van der Waals surface area contributed by atoms with Crippen LogP contribution in [0.5, 0.6) is 0 Å². The predicted octanol–water partition coefficient (Wildman–Crippen LogP) is 3.32. The second kappa shape index (κ2) is 8.41. The summed E-state index contributed by atoms with van der Waals surface area (Å²) >= 11 is 0. The van der Waals surface area contributed by atoms with Crippen LogP contribution in [0.1, 0.15) is 93.2 Å². The van der Waals surface area contributed by atoms with E-state index in [-0.39, 0.29) is 29.0 Å². The van der Waals surface area contributed by atoms with Gasteiger partial charge in [0, 0.05) is 24.5 Å². The minimum absolute atomic E-state index is 0.0183. The van der Waals surface area contributed by atoms with E-state index in [0.717, 1.165) is 70.2 Å². The summed E-state index contributed by atoms with van der Waals surface area (Å²) in [5.41, 5.74) is 1.32. The van der Waals surface area contributed by atoms with Crippen LogP contribution in [0.15, 0.2) is 6.20 Å². The molecule has 9 nitrogen and oxygen atoms in total. The number of amides is 2. The van der Waals surface area contributed by atoms with Gasteiger partial charge in [0.25, 0.3) is 0 Å². The molecule has 176 valence electrons. The van der Waals surface area contributed by atoms with Gasteiger partial charge in [0.15, 0.2) is 0 Å². The van der Waals surface area contributed by atoms with Crippen molar-refractivity contribution in [2.45, 2.75) is 82.7 Å². The van der Waals surface area contributed by atoms with Crippen LogP contribution in [0.2, 0.25) is 0 Å². The van der Waals surface area contributed by atoms with E-state index >= 15 is 0 Å². The Morgan fingerprint density at radius 3 is 2.16 bits per heavy atom. The fourth-order valence-corrected chi connectivity index (χ4v) is 4.06. The number of hydrogen-bond donors (Lipinski definition) is 2. The van der Waals surface area contributed by atoms with Crippen LogP contribution in [-0.4, -0.2) is 63.5 Å². The number of methoxy groups -OCH3 is 1. The van der Waals surface area contributed by atoms with Crippen molar-refractivity contribution in [2.75, 3.05) is 20.2 Å². The Bertz CT molecular complexity index is 890. The molecule has 1 aromatic heterocycles. The largest absolute Gasteiger partial charge is 0.481 e. The fourth-order valence-electron chi connectivity index (χ4n) is 4.06. The molecule has 0 radical (unpaired) electrons. The van der Waals surface area contributed by atoms with Gasteiger partial charge in [-0.15, -0.1) is 0 Å². The number of urea groups is 1. The molecule has 1 saturated heterocycles. The van der Waals surface area contributed by atoms with E-state index in [1.807, 2.05) is 9.58 Å². The zero-order valence-corrected chi connectivity index (χ0v) is 19.2. The molecule has 0 spiro atoms. The molecular weight excluding hydrogens is 412 g/mol. The summed E-state index contributed by atoms with van der Waals surface area (Å²) < 4.78 is 6.93. The number of aromatic nitrogens is 2. The quantitative estimate of drug-likeness (QED) is 0.671. The SMILES string of the molecule is CC1(C(=O)O)CC1.COC(=O)c1cnn(C2CCN(C(=O)NC3(C)CC3)CC2)c1C1CC1. The molecular formula is C23H34N4O5. The number of piperidine rings is 1. The molecule has 9 heteroatoms. The Hall–Kier alpha value is -2.58. The van der Waals surface area contributed by atoms with E-state index < -0.39 is 5.97 Å². The first-order valence-electron chi connectivity index (χ1n) is 11.6. The maximum absolute atomic E-state index is 12.3. The van der Waals surface area contributed by atoms with Crippen molar-refractivity contribution in [3.8, 4) is 0 Å². The highest BCUT2D eigenvalue weighted by Crippen LogP contribution is 2.45. The van der Waals surface area contributed by atoms with Crippen molar-refractivity contribution in [3.05, 3.63) is 17.5 Å². The van der Waals surface area contributed by atoms with Crippen LogP contribution in [0.25, 0.3) is 0 Å². The van der Waals surface area contributed by atoms with Crippen LogP contribution in [0, 0.1) is 5.41 Å². The molecule has 4 aliphatic rings. The van der Waals surface area contributed by atoms with Crippen LogP contribution in [0.3, 0.4) is 0 Å². The molecule has 2 heterocycles. The number of carboxylic acid groups (broad SMARTS) is 1. The summed E-state index contributed by atoms with van der Waals surface area (Å²) in [7, 11) is 1.41. The molecule has 1 aliphatic heterocycles. The number of carbonyl (C=O) groups is 3. The molecule has 0 atom stereocenters. The third kappa shape index (κ3) is 4.91. The Morgan fingerprint density at radius 2 is 1.72 bits per heavy atom. The lowest BCUT2D eigenvalue weighted by Gasteiger charge is -2.33. The molecule has 1 aromatic rings. The van der Waals surface area contributed by atoms with E-state index in [1.54, 1.807) is 13.1 Å². The Morgan fingerprint density at radius 1 is 1.09 bits per heavy atom. The number of hydrogen-bond acceptors (Lipinski definition) is 5. The summed E-state index contributed by atoms with van der Waals surface area (Å²) in [6.45, 7) is 5.32. The van der Waals surface area contributed by atoms with E-state index in [4.69, 9.17) is 9.84 Å². The zero-order valence-electron chi connectivity index (χ0n) is 19.2. The van der Waals surface area contributed by atoms with Gasteiger partial charge in [-0.2, -0.15) is 5.10 Å². The van der Waals surface area contributed by atoms with Gasteiger partial charge in [0.05, 0.1) is 30.5 Å². The third-order valence-electron chi connectivity index (χ3n) is 7.23. The maximum Gasteiger partial charge on any atom is 0.341 e. The van der Waals surface area contributed by atoms with Crippen LogP contribution >= 0.6 is 0 Å². The first-order chi connectivity index (χ1) is 15.2. The maximum atomic E-state index is 12.3. The molecule has 0 unspecified atom stereocenters. The van der Waals surface area contributed by atoms with Gasteiger partial charge in [-0.05, 0) is 65.2 Å². The molecule has 0 bridgehead atoms. The number of esters is 1. The van der Waals surface area contributed by atoms with Crippen LogP contribution in [0.4, 0.5) is 4.79 Å². The second-order valence-electron chi connectivity index (χ2n) is 10.2. The topological polar surface area (TPSA) is 114 Å². The fraction of sp³-hybridized carbons (Fsp3) is 0.739. The molecule has 5 rings (SSSR count). The summed E-state index contributed by atoms with van der Waals surface area (Å²) in [6.07, 6.45) is 9.47. The summed E-state index contributed by atoms with van der Waals surface area (Å²) in [4.78, 5) is 36.3. The average Bonchev–Trinajstić information content (AvgIpc) is 3.72. The van der Waals surface area contributed by atoms with Crippen molar-refractivity contribution in [1.82, 2.24) is 20.0 Å². The lowest BCUT2D eigenvalue weighted by Crippen LogP contribution is -2.48. The third-order valence-corrected chi connectivity index (χ3v) is 7.23. The average molecular weight is 447 g/mol. The summed E-state index contributed by atoms with van der Waals surface area (Å²) in [5.74, 6) is -0.525. The highest BCUT2D eigenvalue weighted by molar-refractivity contribution is 5.90. The monoisotopic (exact) mass is 446 g/mol. The van der Waals surface area contributed by atoms with Gasteiger partial charge in [0.2, 0.25) is 0 Å². The van der Waals surface area contributed by atoms with Gasteiger partial charge in [0.1, 0.15) is 5.56 Å². The number of nitrogens with one attached hydrogen (secondary N) is 1. The van der Waals surface area contributed by atoms with Crippen molar-refractivity contribution in [2.24, 2.45) is 5.41 Å². The standard InChI is InChI=1S/C18H26N4O3.C5H8O2/c1-18(7-8-18)20-17(24)21-9-5-13(6-10-21)22-15(12-3-4-12)14(11-19-22)16(23)25-2;1-5(2-3-5)4(6)7/h11-13H,3-10H2,1-2H3,(H,20,24);2-3H2,1H3,(H,6,7). The molecule has 3 saturated carbocycles. The van der Waals surface area contributed by atoms with Gasteiger partial charge in [-0.25, -0.2) is 9.59 Å². The molecule has 4 fully saturated rings. The molecule has 2 N–H and O–H groups in total. The number of aliphatic carboxylic acids is 1. The minimum atomic E-state index is -0.646. The van der Waals surface area contributed by atoms with Gasteiger partial charge in [-0.3, -0.25) is 9.48 Å². The van der Waals surface area contributed by atoms with E-state index in [2.05, 4.69) is 17.3 Å².